The average Bonchev–Trinajstić information content (AvgIpc) is 3.05. The zero-order valence-electron chi connectivity index (χ0n) is 28.2. The minimum Gasteiger partial charge on any atom is -0.496 e. The van der Waals surface area contributed by atoms with Gasteiger partial charge in [-0.2, -0.15) is 13.2 Å². The predicted molar refractivity (Wildman–Crippen MR) is 179 cm³/mol. The number of ether oxygens (including phenoxy) is 3. The van der Waals surface area contributed by atoms with Crippen molar-refractivity contribution in [3.05, 3.63) is 94.8 Å². The average molecular weight is 684 g/mol. The molecule has 8 nitrogen and oxygen atoms in total. The van der Waals surface area contributed by atoms with Gasteiger partial charge in [0.1, 0.15) is 18.2 Å². The monoisotopic (exact) mass is 683 g/mol. The molecule has 0 unspecified atom stereocenters. The van der Waals surface area contributed by atoms with E-state index in [1.165, 1.54) is 18.5 Å². The second-order valence-corrected chi connectivity index (χ2v) is 12.2. The van der Waals surface area contributed by atoms with Crippen molar-refractivity contribution in [1.29, 1.82) is 0 Å². The molecule has 4 rings (SSSR count). The normalized spacial score (nSPS) is 11.6. The summed E-state index contributed by atoms with van der Waals surface area (Å²) in [7, 11) is 1.59. The van der Waals surface area contributed by atoms with Gasteiger partial charge < -0.3 is 24.2 Å². The third kappa shape index (κ3) is 10.3. The van der Waals surface area contributed by atoms with Crippen LogP contribution in [0.5, 0.6) is 17.2 Å². The maximum absolute atomic E-state index is 13.8. The molecule has 4 aromatic rings. The number of hydrogen-bond acceptors (Lipinski definition) is 7. The first-order valence-electron chi connectivity index (χ1n) is 15.9. The molecule has 1 heterocycles. The van der Waals surface area contributed by atoms with E-state index in [1.54, 1.807) is 12.0 Å². The molecule has 0 aliphatic rings. The Morgan fingerprint density at radius 2 is 1.61 bits per heavy atom. The highest BCUT2D eigenvalue weighted by Gasteiger charge is 2.31. The van der Waals surface area contributed by atoms with E-state index in [1.807, 2.05) is 44.2 Å². The molecule has 0 saturated carbocycles. The summed E-state index contributed by atoms with van der Waals surface area (Å²) in [5.74, 6) is 1.01. The Balaban J connectivity index is 1.82. The fourth-order valence-electron chi connectivity index (χ4n) is 5.28. The summed E-state index contributed by atoms with van der Waals surface area (Å²) < 4.78 is 72.6. The van der Waals surface area contributed by atoms with Gasteiger partial charge in [-0.15, -0.1) is 0 Å². The molecule has 3 aromatic carbocycles. The standard InChI is InChI=1S/C37H41F4N3O5/c1-23(2)27-8-11-34(47-5)33(17-27)32-10-9-30(49-24(3)4)16-28(32)22-44(21-26-13-25(18-38)14-29(15-26)37(39,40)41)36-42-19-31(20-43-36)48-12-6-7-35(45)46/h8-11,13-17,19-20,23-24H,6-7,12,18,21-22H2,1-5H3,(H,45,46). The lowest BCUT2D eigenvalue weighted by Crippen LogP contribution is -2.25. The molecule has 0 saturated heterocycles. The van der Waals surface area contributed by atoms with Gasteiger partial charge in [-0.25, -0.2) is 14.4 Å². The SMILES string of the molecule is COc1ccc(C(C)C)cc1-c1ccc(OC(C)C)cc1CN(Cc1cc(CF)cc(C(F)(F)F)c1)c1ncc(OCCCC(=O)O)cn1. The van der Waals surface area contributed by atoms with Crippen LogP contribution < -0.4 is 19.1 Å². The molecule has 0 amide bonds. The Labute approximate surface area is 283 Å². The van der Waals surface area contributed by atoms with Crippen LogP contribution in [0.25, 0.3) is 11.1 Å². The van der Waals surface area contributed by atoms with Crippen molar-refractivity contribution in [2.75, 3.05) is 18.6 Å². The molecule has 49 heavy (non-hydrogen) atoms. The lowest BCUT2D eigenvalue weighted by molar-refractivity contribution is -0.138. The van der Waals surface area contributed by atoms with Crippen molar-refractivity contribution >= 4 is 11.9 Å². The number of methoxy groups -OCH3 is 1. The van der Waals surface area contributed by atoms with E-state index in [-0.39, 0.29) is 61.6 Å². The van der Waals surface area contributed by atoms with Crippen molar-refractivity contribution in [2.24, 2.45) is 0 Å². The molecule has 0 aliphatic heterocycles. The van der Waals surface area contributed by atoms with Crippen molar-refractivity contribution < 1.29 is 41.7 Å². The smallest absolute Gasteiger partial charge is 0.416 e. The van der Waals surface area contributed by atoms with E-state index in [2.05, 4.69) is 29.9 Å². The summed E-state index contributed by atoms with van der Waals surface area (Å²) in [4.78, 5) is 21.5. The quantitative estimate of drug-likeness (QED) is 0.0924. The van der Waals surface area contributed by atoms with Crippen molar-refractivity contribution in [3.63, 3.8) is 0 Å². The molecule has 12 heteroatoms. The van der Waals surface area contributed by atoms with Gasteiger partial charge >= 0.3 is 12.1 Å². The van der Waals surface area contributed by atoms with E-state index in [0.29, 0.717) is 17.2 Å². The summed E-state index contributed by atoms with van der Waals surface area (Å²) in [5, 5.41) is 8.88. The molecular formula is C37H41F4N3O5. The van der Waals surface area contributed by atoms with E-state index in [4.69, 9.17) is 19.3 Å². The topological polar surface area (TPSA) is 94.0 Å². The highest BCUT2D eigenvalue weighted by Crippen LogP contribution is 2.38. The van der Waals surface area contributed by atoms with Crippen molar-refractivity contribution in [2.45, 2.75) is 78.5 Å². The van der Waals surface area contributed by atoms with Gasteiger partial charge in [0.2, 0.25) is 5.95 Å². The Morgan fingerprint density at radius 1 is 0.898 bits per heavy atom. The van der Waals surface area contributed by atoms with Crippen LogP contribution in [0.4, 0.5) is 23.5 Å². The Morgan fingerprint density at radius 3 is 2.22 bits per heavy atom. The van der Waals surface area contributed by atoms with E-state index in [9.17, 15) is 22.4 Å². The maximum Gasteiger partial charge on any atom is 0.416 e. The number of benzene rings is 3. The second-order valence-electron chi connectivity index (χ2n) is 12.2. The summed E-state index contributed by atoms with van der Waals surface area (Å²) in [6.45, 7) is 7.10. The van der Waals surface area contributed by atoms with Crippen LogP contribution in [0.15, 0.2) is 67.0 Å². The van der Waals surface area contributed by atoms with Crippen LogP contribution in [0.2, 0.25) is 0 Å². The molecule has 0 bridgehead atoms. The zero-order valence-corrected chi connectivity index (χ0v) is 28.2. The first-order valence-corrected chi connectivity index (χ1v) is 15.9. The van der Waals surface area contributed by atoms with E-state index >= 15 is 0 Å². The largest absolute Gasteiger partial charge is 0.496 e. The highest BCUT2D eigenvalue weighted by molar-refractivity contribution is 5.75. The first kappa shape index (κ1) is 37.0. The number of halogens is 4. The third-order valence-electron chi connectivity index (χ3n) is 7.60. The number of hydrogen-bond donors (Lipinski definition) is 1. The number of aliphatic carboxylic acids is 1. The van der Waals surface area contributed by atoms with Crippen LogP contribution >= 0.6 is 0 Å². The van der Waals surface area contributed by atoms with Gasteiger partial charge in [-0.05, 0) is 90.4 Å². The number of carboxylic acids is 1. The number of carboxylic acid groups (broad SMARTS) is 1. The first-order chi connectivity index (χ1) is 23.3. The Kier molecular flexibility index (Phi) is 12.4. The van der Waals surface area contributed by atoms with Crippen LogP contribution in [0, 0.1) is 0 Å². The summed E-state index contributed by atoms with van der Waals surface area (Å²) in [5.41, 5.74) is 2.65. The maximum atomic E-state index is 13.8. The summed E-state index contributed by atoms with van der Waals surface area (Å²) >= 11 is 0. The zero-order chi connectivity index (χ0) is 35.7. The molecule has 0 atom stereocenters. The number of anilines is 1. The summed E-state index contributed by atoms with van der Waals surface area (Å²) in [6.07, 6.45) is -1.72. The lowest BCUT2D eigenvalue weighted by atomic mass is 9.93. The minimum atomic E-state index is -4.67. The van der Waals surface area contributed by atoms with Gasteiger partial charge in [0.15, 0.2) is 5.75 Å². The Bertz CT molecular complexity index is 1710. The van der Waals surface area contributed by atoms with Crippen LogP contribution in [-0.2, 0) is 30.7 Å². The van der Waals surface area contributed by atoms with Gasteiger partial charge in [0.25, 0.3) is 0 Å². The lowest BCUT2D eigenvalue weighted by Gasteiger charge is -2.26. The number of carbonyl (C=O) groups is 1. The van der Waals surface area contributed by atoms with Gasteiger partial charge in [-0.1, -0.05) is 32.0 Å². The number of rotatable bonds is 16. The third-order valence-corrected chi connectivity index (χ3v) is 7.60. The van der Waals surface area contributed by atoms with Gasteiger partial charge in [0.05, 0.1) is 37.8 Å². The highest BCUT2D eigenvalue weighted by atomic mass is 19.4. The summed E-state index contributed by atoms with van der Waals surface area (Å²) in [6, 6.07) is 14.8. The van der Waals surface area contributed by atoms with Gasteiger partial charge in [-0.3, -0.25) is 4.79 Å². The van der Waals surface area contributed by atoms with Crippen LogP contribution in [0.3, 0.4) is 0 Å². The van der Waals surface area contributed by atoms with Crippen LogP contribution in [-0.4, -0.2) is 40.9 Å². The second kappa shape index (κ2) is 16.5. The minimum absolute atomic E-state index is 0.0582. The molecule has 1 N–H and O–H groups in total. The van der Waals surface area contributed by atoms with E-state index in [0.717, 1.165) is 34.4 Å². The van der Waals surface area contributed by atoms with Crippen molar-refractivity contribution in [1.82, 2.24) is 9.97 Å². The van der Waals surface area contributed by atoms with Crippen molar-refractivity contribution in [3.8, 4) is 28.4 Å². The number of alkyl halides is 4. The van der Waals surface area contributed by atoms with Gasteiger partial charge in [0, 0.05) is 25.1 Å². The fourth-order valence-corrected chi connectivity index (χ4v) is 5.28. The predicted octanol–water partition coefficient (Wildman–Crippen LogP) is 9.00. The molecule has 0 radical (unpaired) electrons. The molecule has 1 aromatic heterocycles. The molecular weight excluding hydrogens is 642 g/mol. The molecule has 262 valence electrons. The molecule has 0 fully saturated rings. The fraction of sp³-hybridized carbons (Fsp3) is 0.378. The van der Waals surface area contributed by atoms with E-state index < -0.39 is 24.4 Å². The number of nitrogens with zero attached hydrogens (tertiary/aromatic N) is 3. The van der Waals surface area contributed by atoms with Crippen LogP contribution in [0.1, 0.15) is 74.3 Å². The molecule has 0 aliphatic carbocycles. The number of aromatic nitrogens is 2. The molecule has 0 spiro atoms. The Hall–Kier alpha value is -4.87.